The van der Waals surface area contributed by atoms with Crippen LogP contribution in [0.3, 0.4) is 0 Å². The zero-order valence-electron chi connectivity index (χ0n) is 11.1. The highest BCUT2D eigenvalue weighted by molar-refractivity contribution is 5.58. The van der Waals surface area contributed by atoms with Crippen LogP contribution in [-0.2, 0) is 0 Å². The van der Waals surface area contributed by atoms with Gasteiger partial charge in [0.05, 0.1) is 11.2 Å². The second kappa shape index (κ2) is 6.85. The van der Waals surface area contributed by atoms with Gasteiger partial charge in [-0.3, -0.25) is 10.1 Å². The first-order valence-corrected chi connectivity index (χ1v) is 6.16. The SMILES string of the molecule is O=[N+]([O-])c1ccc(NC[C@H](O)c2ccco2)cc1OC(F)F. The van der Waals surface area contributed by atoms with Crippen LogP contribution in [0.5, 0.6) is 5.75 Å². The van der Waals surface area contributed by atoms with Gasteiger partial charge in [0.25, 0.3) is 0 Å². The Morgan fingerprint density at radius 1 is 1.41 bits per heavy atom. The second-order valence-corrected chi connectivity index (χ2v) is 4.23. The molecule has 7 nitrogen and oxygen atoms in total. The number of aliphatic hydroxyl groups excluding tert-OH is 1. The van der Waals surface area contributed by atoms with Crippen molar-refractivity contribution in [2.75, 3.05) is 11.9 Å². The number of anilines is 1. The molecule has 1 heterocycles. The van der Waals surface area contributed by atoms with Crippen LogP contribution < -0.4 is 10.1 Å². The summed E-state index contributed by atoms with van der Waals surface area (Å²) < 4.78 is 33.7. The summed E-state index contributed by atoms with van der Waals surface area (Å²) in [7, 11) is 0. The van der Waals surface area contributed by atoms with Crippen LogP contribution in [0, 0.1) is 10.1 Å². The Morgan fingerprint density at radius 3 is 2.77 bits per heavy atom. The van der Waals surface area contributed by atoms with E-state index in [2.05, 4.69) is 10.1 Å². The van der Waals surface area contributed by atoms with Crippen LogP contribution >= 0.6 is 0 Å². The molecule has 0 aliphatic carbocycles. The fourth-order valence-electron chi connectivity index (χ4n) is 1.76. The Labute approximate surface area is 123 Å². The molecule has 1 atom stereocenters. The van der Waals surface area contributed by atoms with E-state index in [-0.39, 0.29) is 12.2 Å². The molecule has 0 bridgehead atoms. The predicted octanol–water partition coefficient (Wildman–Crippen LogP) is 2.93. The normalized spacial score (nSPS) is 12.2. The number of nitrogens with zero attached hydrogens (tertiary/aromatic N) is 1. The highest BCUT2D eigenvalue weighted by Gasteiger charge is 2.19. The highest BCUT2D eigenvalue weighted by atomic mass is 19.3. The largest absolute Gasteiger partial charge is 0.467 e. The Kier molecular flexibility index (Phi) is 4.89. The van der Waals surface area contributed by atoms with E-state index in [1.807, 2.05) is 0 Å². The summed E-state index contributed by atoms with van der Waals surface area (Å²) in [5.41, 5.74) is -0.288. The summed E-state index contributed by atoms with van der Waals surface area (Å²) >= 11 is 0. The van der Waals surface area contributed by atoms with Gasteiger partial charge in [-0.1, -0.05) is 0 Å². The monoisotopic (exact) mass is 314 g/mol. The zero-order valence-corrected chi connectivity index (χ0v) is 11.1. The van der Waals surface area contributed by atoms with Gasteiger partial charge >= 0.3 is 12.3 Å². The molecule has 0 saturated carbocycles. The number of nitro benzene ring substituents is 1. The van der Waals surface area contributed by atoms with Crippen LogP contribution in [-0.4, -0.2) is 23.2 Å². The summed E-state index contributed by atoms with van der Waals surface area (Å²) in [6, 6.07) is 6.62. The minimum atomic E-state index is -3.18. The van der Waals surface area contributed by atoms with Crippen LogP contribution in [0.4, 0.5) is 20.2 Å². The number of hydrogen-bond acceptors (Lipinski definition) is 6. The van der Waals surface area contributed by atoms with E-state index >= 15 is 0 Å². The molecule has 9 heteroatoms. The quantitative estimate of drug-likeness (QED) is 0.602. The molecule has 0 aliphatic heterocycles. The molecule has 0 amide bonds. The first-order valence-electron chi connectivity index (χ1n) is 6.16. The lowest BCUT2D eigenvalue weighted by Gasteiger charge is -2.12. The lowest BCUT2D eigenvalue weighted by atomic mass is 10.2. The second-order valence-electron chi connectivity index (χ2n) is 4.23. The highest BCUT2D eigenvalue weighted by Crippen LogP contribution is 2.31. The number of alkyl halides is 2. The predicted molar refractivity (Wildman–Crippen MR) is 71.9 cm³/mol. The average Bonchev–Trinajstić information content (AvgIpc) is 2.98. The maximum absolute atomic E-state index is 12.3. The lowest BCUT2D eigenvalue weighted by molar-refractivity contribution is -0.386. The van der Waals surface area contributed by atoms with E-state index in [1.54, 1.807) is 12.1 Å². The standard InChI is InChI=1S/C13H12F2N2O5/c14-13(15)22-12-6-8(3-4-9(12)17(19)20)16-7-10(18)11-2-1-5-21-11/h1-6,10,13,16,18H,7H2/t10-/m0/s1. The van der Waals surface area contributed by atoms with Gasteiger partial charge in [0.2, 0.25) is 5.75 Å². The molecule has 2 aromatic rings. The van der Waals surface area contributed by atoms with E-state index in [0.717, 1.165) is 12.1 Å². The van der Waals surface area contributed by atoms with Crippen LogP contribution in [0.15, 0.2) is 41.0 Å². The Morgan fingerprint density at radius 2 is 2.18 bits per heavy atom. The van der Waals surface area contributed by atoms with Crippen molar-refractivity contribution in [1.29, 1.82) is 0 Å². The fourth-order valence-corrected chi connectivity index (χ4v) is 1.76. The van der Waals surface area contributed by atoms with Gasteiger partial charge in [-0.25, -0.2) is 0 Å². The minimum absolute atomic E-state index is 0.0272. The van der Waals surface area contributed by atoms with Gasteiger partial charge in [0.1, 0.15) is 11.9 Å². The number of hydrogen-bond donors (Lipinski definition) is 2. The molecule has 118 valence electrons. The van der Waals surface area contributed by atoms with Gasteiger partial charge in [-0.15, -0.1) is 0 Å². The van der Waals surface area contributed by atoms with Gasteiger partial charge in [-0.2, -0.15) is 8.78 Å². The third-order valence-corrected chi connectivity index (χ3v) is 2.74. The minimum Gasteiger partial charge on any atom is -0.467 e. The van der Waals surface area contributed by atoms with E-state index in [0.29, 0.717) is 5.76 Å². The molecule has 2 N–H and O–H groups in total. The third-order valence-electron chi connectivity index (χ3n) is 2.74. The fraction of sp³-hybridized carbons (Fsp3) is 0.231. The number of ether oxygens (including phenoxy) is 1. The van der Waals surface area contributed by atoms with Crippen molar-refractivity contribution in [2.45, 2.75) is 12.7 Å². The van der Waals surface area contributed by atoms with E-state index in [4.69, 9.17) is 4.42 Å². The third kappa shape index (κ3) is 3.92. The average molecular weight is 314 g/mol. The number of furan rings is 1. The van der Waals surface area contributed by atoms with Gasteiger partial charge in [0, 0.05) is 24.4 Å². The summed E-state index contributed by atoms with van der Waals surface area (Å²) in [6.07, 6.45) is 0.448. The Bertz CT molecular complexity index is 633. The van der Waals surface area contributed by atoms with Gasteiger partial charge in [-0.05, 0) is 18.2 Å². The van der Waals surface area contributed by atoms with Crippen molar-refractivity contribution in [3.05, 3.63) is 52.5 Å². The van der Waals surface area contributed by atoms with Crippen molar-refractivity contribution in [3.8, 4) is 5.75 Å². The van der Waals surface area contributed by atoms with Crippen molar-refractivity contribution < 1.29 is 28.0 Å². The number of nitro groups is 1. The smallest absolute Gasteiger partial charge is 0.387 e. The molecule has 1 aromatic carbocycles. The summed E-state index contributed by atoms with van der Waals surface area (Å²) in [6.45, 7) is -3.15. The van der Waals surface area contributed by atoms with Crippen molar-refractivity contribution in [1.82, 2.24) is 0 Å². The number of nitrogens with one attached hydrogen (secondary N) is 1. The van der Waals surface area contributed by atoms with E-state index in [1.165, 1.54) is 12.3 Å². The summed E-state index contributed by atoms with van der Waals surface area (Å²) in [5, 5.41) is 23.3. The number of aliphatic hydroxyl groups is 1. The molecule has 0 saturated heterocycles. The van der Waals surface area contributed by atoms with Gasteiger partial charge < -0.3 is 19.6 Å². The molecule has 0 fully saturated rings. The molecule has 0 spiro atoms. The van der Waals surface area contributed by atoms with Crippen LogP contribution in [0.2, 0.25) is 0 Å². The lowest BCUT2D eigenvalue weighted by Crippen LogP contribution is -2.12. The molecule has 1 aromatic heterocycles. The topological polar surface area (TPSA) is 97.8 Å². The van der Waals surface area contributed by atoms with Crippen molar-refractivity contribution in [3.63, 3.8) is 0 Å². The first kappa shape index (κ1) is 15.7. The first-order chi connectivity index (χ1) is 10.5. The molecular weight excluding hydrogens is 302 g/mol. The molecule has 22 heavy (non-hydrogen) atoms. The maximum Gasteiger partial charge on any atom is 0.387 e. The van der Waals surface area contributed by atoms with E-state index in [9.17, 15) is 24.0 Å². The summed E-state index contributed by atoms with van der Waals surface area (Å²) in [5.74, 6) is -0.226. The molecule has 0 radical (unpaired) electrons. The van der Waals surface area contributed by atoms with Crippen LogP contribution in [0.25, 0.3) is 0 Å². The Hall–Kier alpha value is -2.68. The van der Waals surface area contributed by atoms with Crippen molar-refractivity contribution in [2.24, 2.45) is 0 Å². The molecule has 2 rings (SSSR count). The molecule has 0 unspecified atom stereocenters. The number of benzene rings is 1. The number of halogens is 2. The van der Waals surface area contributed by atoms with E-state index < -0.39 is 29.1 Å². The summed E-state index contributed by atoms with van der Waals surface area (Å²) in [4.78, 5) is 9.92. The van der Waals surface area contributed by atoms with Crippen LogP contribution in [0.1, 0.15) is 11.9 Å². The van der Waals surface area contributed by atoms with Gasteiger partial charge in [0.15, 0.2) is 0 Å². The maximum atomic E-state index is 12.3. The Balaban J connectivity index is 2.09. The number of rotatable bonds is 7. The van der Waals surface area contributed by atoms with Crippen molar-refractivity contribution >= 4 is 11.4 Å². The molecular formula is C13H12F2N2O5. The zero-order chi connectivity index (χ0) is 16.1. The molecule has 0 aliphatic rings.